The number of thioether (sulfide) groups is 1. The second-order valence-electron chi connectivity index (χ2n) is 5.18. The van der Waals surface area contributed by atoms with E-state index >= 15 is 0 Å². The van der Waals surface area contributed by atoms with Gasteiger partial charge < -0.3 is 4.55 Å². The highest BCUT2D eigenvalue weighted by molar-refractivity contribution is 8.13. The fourth-order valence-electron chi connectivity index (χ4n) is 1.32. The van der Waals surface area contributed by atoms with E-state index in [1.165, 1.54) is 18.7 Å². The molecule has 0 aliphatic carbocycles. The van der Waals surface area contributed by atoms with Crippen LogP contribution in [0, 0.1) is 6.92 Å². The van der Waals surface area contributed by atoms with Crippen molar-refractivity contribution >= 4 is 34.5 Å². The zero-order chi connectivity index (χ0) is 14.6. The summed E-state index contributed by atoms with van der Waals surface area (Å²) in [6.45, 7) is 9.11. The van der Waals surface area contributed by atoms with E-state index in [1.54, 1.807) is 6.21 Å². The highest BCUT2D eigenvalue weighted by Gasteiger charge is 2.25. The first-order chi connectivity index (χ1) is 8.71. The van der Waals surface area contributed by atoms with Gasteiger partial charge in [0.25, 0.3) is 0 Å². The molecule has 1 aromatic carbocycles. The summed E-state index contributed by atoms with van der Waals surface area (Å²) in [7, 11) is 0. The summed E-state index contributed by atoms with van der Waals surface area (Å²) in [5.74, 6) is 0. The third-order valence-electron chi connectivity index (χ3n) is 2.30. The Morgan fingerprint density at radius 1 is 1.42 bits per heavy atom. The van der Waals surface area contributed by atoms with E-state index in [0.717, 1.165) is 16.0 Å². The van der Waals surface area contributed by atoms with Gasteiger partial charge in [-0.3, -0.25) is 4.79 Å². The molecule has 0 amide bonds. The van der Waals surface area contributed by atoms with Gasteiger partial charge in [0, 0.05) is 17.4 Å². The Balaban J connectivity index is 3.04. The van der Waals surface area contributed by atoms with Gasteiger partial charge in [-0.25, -0.2) is 0 Å². The lowest BCUT2D eigenvalue weighted by atomic mass is 10.1. The van der Waals surface area contributed by atoms with Crippen molar-refractivity contribution in [1.29, 1.82) is 0 Å². The van der Waals surface area contributed by atoms with Crippen molar-refractivity contribution in [2.45, 2.75) is 44.3 Å². The van der Waals surface area contributed by atoms with E-state index in [9.17, 15) is 9.35 Å². The molecule has 19 heavy (non-hydrogen) atoms. The second-order valence-corrected chi connectivity index (χ2v) is 8.30. The van der Waals surface area contributed by atoms with E-state index in [-0.39, 0.29) is 9.86 Å². The summed E-state index contributed by atoms with van der Waals surface area (Å²) < 4.78 is 15.6. The Morgan fingerprint density at radius 2 is 2.05 bits per heavy atom. The molecule has 104 valence electrons. The van der Waals surface area contributed by atoms with Gasteiger partial charge in [-0.05, 0) is 33.3 Å². The molecule has 0 N–H and O–H groups in total. The second kappa shape index (κ2) is 6.59. The van der Waals surface area contributed by atoms with Gasteiger partial charge in [0.2, 0.25) is 0 Å². The number of hydrogen-bond donors (Lipinski definition) is 0. The van der Waals surface area contributed by atoms with Crippen LogP contribution in [0.1, 0.15) is 38.8 Å². The largest absolute Gasteiger partial charge is 0.591 e. The molecule has 0 aromatic heterocycles. The normalized spacial score (nSPS) is 13.8. The Kier molecular flexibility index (Phi) is 5.64. The van der Waals surface area contributed by atoms with Gasteiger partial charge in [0.1, 0.15) is 16.1 Å². The van der Waals surface area contributed by atoms with Gasteiger partial charge >= 0.3 is 0 Å². The number of hydrogen-bond acceptors (Lipinski definition) is 4. The van der Waals surface area contributed by atoms with Crippen molar-refractivity contribution in [3.05, 3.63) is 29.3 Å². The SMILES string of the molecule is CC(=O)Sc1c(C)cccc1/C=N\[S+]([O-])C(C)(C)C. The molecule has 0 bridgehead atoms. The quantitative estimate of drug-likeness (QED) is 0.487. The third kappa shape index (κ3) is 5.01. The minimum atomic E-state index is -1.29. The maximum absolute atomic E-state index is 11.9. The van der Waals surface area contributed by atoms with Crippen LogP contribution in [0.25, 0.3) is 0 Å². The molecular formula is C14H19NO2S2. The van der Waals surface area contributed by atoms with Crippen molar-refractivity contribution in [1.82, 2.24) is 0 Å². The molecule has 5 heteroatoms. The zero-order valence-electron chi connectivity index (χ0n) is 11.9. The lowest BCUT2D eigenvalue weighted by molar-refractivity contribution is -0.109. The Bertz CT molecular complexity index is 493. The smallest absolute Gasteiger partial charge is 0.190 e. The van der Waals surface area contributed by atoms with E-state index < -0.39 is 11.4 Å². The summed E-state index contributed by atoms with van der Waals surface area (Å²) in [5, 5.41) is 0.0286. The molecule has 0 radical (unpaired) electrons. The molecule has 0 aliphatic heterocycles. The first-order valence-corrected chi connectivity index (χ1v) is 7.88. The van der Waals surface area contributed by atoms with Gasteiger partial charge in [0.15, 0.2) is 5.12 Å². The molecule has 0 fully saturated rings. The van der Waals surface area contributed by atoms with Crippen LogP contribution in [0.15, 0.2) is 27.5 Å². The van der Waals surface area contributed by atoms with Crippen LogP contribution in [-0.4, -0.2) is 20.6 Å². The van der Waals surface area contributed by atoms with Crippen LogP contribution in [0.5, 0.6) is 0 Å². The summed E-state index contributed by atoms with van der Waals surface area (Å²) in [6, 6.07) is 5.73. The molecule has 0 saturated heterocycles. The molecular weight excluding hydrogens is 278 g/mol. The maximum Gasteiger partial charge on any atom is 0.190 e. The first-order valence-electron chi connectivity index (χ1n) is 5.96. The van der Waals surface area contributed by atoms with Crippen molar-refractivity contribution < 1.29 is 9.35 Å². The monoisotopic (exact) mass is 297 g/mol. The lowest BCUT2D eigenvalue weighted by Crippen LogP contribution is -2.25. The Labute approximate surface area is 122 Å². The minimum Gasteiger partial charge on any atom is -0.591 e. The van der Waals surface area contributed by atoms with Crippen molar-refractivity contribution in [2.75, 3.05) is 0 Å². The van der Waals surface area contributed by atoms with Crippen molar-refractivity contribution in [3.63, 3.8) is 0 Å². The number of rotatable bonds is 3. The first kappa shape index (κ1) is 16.3. The Hall–Kier alpha value is -0.780. The molecule has 1 unspecified atom stereocenters. The predicted octanol–water partition coefficient (Wildman–Crippen LogP) is 3.51. The van der Waals surface area contributed by atoms with Gasteiger partial charge in [-0.2, -0.15) is 0 Å². The van der Waals surface area contributed by atoms with Crippen LogP contribution in [0.2, 0.25) is 0 Å². The summed E-state index contributed by atoms with van der Waals surface area (Å²) in [4.78, 5) is 12.2. The van der Waals surface area contributed by atoms with Crippen LogP contribution in [0.4, 0.5) is 0 Å². The van der Waals surface area contributed by atoms with E-state index in [2.05, 4.69) is 4.40 Å². The molecule has 0 spiro atoms. The van der Waals surface area contributed by atoms with Gasteiger partial charge in [-0.1, -0.05) is 34.4 Å². The molecule has 0 saturated carbocycles. The highest BCUT2D eigenvalue weighted by Crippen LogP contribution is 2.26. The number of aryl methyl sites for hydroxylation is 1. The van der Waals surface area contributed by atoms with Crippen molar-refractivity contribution in [2.24, 2.45) is 4.40 Å². The standard InChI is InChI=1S/C14H19NO2S2/c1-10-7-6-8-12(13(10)18-11(2)16)9-15-19(17)14(3,4)5/h6-9H,1-5H3/b15-9-. The average Bonchev–Trinajstić information content (AvgIpc) is 2.27. The highest BCUT2D eigenvalue weighted by atomic mass is 32.2. The number of nitrogens with zero attached hydrogens (tertiary/aromatic N) is 1. The molecule has 1 rings (SSSR count). The molecule has 1 aromatic rings. The average molecular weight is 297 g/mol. The van der Waals surface area contributed by atoms with Gasteiger partial charge in [0.05, 0.1) is 6.21 Å². The van der Waals surface area contributed by atoms with Crippen LogP contribution >= 0.6 is 11.8 Å². The van der Waals surface area contributed by atoms with Crippen molar-refractivity contribution in [3.8, 4) is 0 Å². The molecule has 0 aliphatic rings. The number of carbonyl (C=O) groups is 1. The van der Waals surface area contributed by atoms with Crippen LogP contribution in [-0.2, 0) is 16.2 Å². The summed E-state index contributed by atoms with van der Waals surface area (Å²) in [6.07, 6.45) is 1.60. The zero-order valence-corrected chi connectivity index (χ0v) is 13.5. The fraction of sp³-hybridized carbons (Fsp3) is 0.429. The summed E-state index contributed by atoms with van der Waals surface area (Å²) in [5.41, 5.74) is 1.85. The van der Waals surface area contributed by atoms with Gasteiger partial charge in [-0.15, -0.1) is 0 Å². The number of carbonyl (C=O) groups excluding carboxylic acids is 1. The fourth-order valence-corrected chi connectivity index (χ4v) is 2.60. The number of benzene rings is 1. The van der Waals surface area contributed by atoms with Crippen LogP contribution < -0.4 is 0 Å². The Morgan fingerprint density at radius 3 is 2.58 bits per heavy atom. The van der Waals surface area contributed by atoms with Crippen LogP contribution in [0.3, 0.4) is 0 Å². The summed E-state index contributed by atoms with van der Waals surface area (Å²) >= 11 is -0.108. The molecule has 0 heterocycles. The van der Waals surface area contributed by atoms with E-state index in [0.29, 0.717) is 0 Å². The van der Waals surface area contributed by atoms with E-state index in [1.807, 2.05) is 45.9 Å². The van der Waals surface area contributed by atoms with E-state index in [4.69, 9.17) is 0 Å². The lowest BCUT2D eigenvalue weighted by Gasteiger charge is -2.17. The molecule has 3 nitrogen and oxygen atoms in total. The topological polar surface area (TPSA) is 52.5 Å². The maximum atomic E-state index is 11.9. The third-order valence-corrected chi connectivity index (χ3v) is 4.69. The minimum absolute atomic E-state index is 0.0286. The predicted molar refractivity (Wildman–Crippen MR) is 83.2 cm³/mol. The molecule has 1 atom stereocenters.